The molecule has 0 saturated heterocycles. The SMILES string of the molecule is CC(C)Nc1ccc2c(n1)CCNC2. The normalized spacial score (nSPS) is 15.4. The molecule has 2 heterocycles. The van der Waals surface area contributed by atoms with E-state index in [1.54, 1.807) is 0 Å². The highest BCUT2D eigenvalue weighted by Gasteiger charge is 2.10. The number of nitrogens with one attached hydrogen (secondary N) is 2. The summed E-state index contributed by atoms with van der Waals surface area (Å²) < 4.78 is 0. The number of aromatic nitrogens is 1. The first kappa shape index (κ1) is 9.46. The molecule has 0 bridgehead atoms. The molecule has 1 aromatic rings. The maximum atomic E-state index is 4.60. The van der Waals surface area contributed by atoms with E-state index in [1.807, 2.05) is 0 Å². The first-order valence-electron chi connectivity index (χ1n) is 5.22. The Morgan fingerprint density at radius 3 is 3.07 bits per heavy atom. The van der Waals surface area contributed by atoms with Crippen molar-refractivity contribution < 1.29 is 0 Å². The molecule has 14 heavy (non-hydrogen) atoms. The summed E-state index contributed by atoms with van der Waals surface area (Å²) in [5.41, 5.74) is 2.58. The minimum atomic E-state index is 0.447. The number of pyridine rings is 1. The second kappa shape index (κ2) is 3.96. The Morgan fingerprint density at radius 1 is 1.43 bits per heavy atom. The van der Waals surface area contributed by atoms with Crippen LogP contribution in [-0.4, -0.2) is 17.6 Å². The third-order valence-electron chi connectivity index (χ3n) is 2.36. The van der Waals surface area contributed by atoms with Gasteiger partial charge in [0.05, 0.1) is 0 Å². The van der Waals surface area contributed by atoms with Crippen molar-refractivity contribution in [2.24, 2.45) is 0 Å². The van der Waals surface area contributed by atoms with Gasteiger partial charge in [-0.2, -0.15) is 0 Å². The van der Waals surface area contributed by atoms with Crippen LogP contribution in [0.5, 0.6) is 0 Å². The molecule has 0 saturated carbocycles. The molecule has 0 fully saturated rings. The highest BCUT2D eigenvalue weighted by molar-refractivity contribution is 5.40. The van der Waals surface area contributed by atoms with Crippen LogP contribution in [0, 0.1) is 0 Å². The maximum Gasteiger partial charge on any atom is 0.126 e. The van der Waals surface area contributed by atoms with Gasteiger partial charge < -0.3 is 10.6 Å². The fraction of sp³-hybridized carbons (Fsp3) is 0.545. The summed E-state index contributed by atoms with van der Waals surface area (Å²) in [6.45, 7) is 6.26. The summed E-state index contributed by atoms with van der Waals surface area (Å²) in [4.78, 5) is 4.60. The van der Waals surface area contributed by atoms with Crippen LogP contribution in [0.15, 0.2) is 12.1 Å². The van der Waals surface area contributed by atoms with Crippen LogP contribution in [0.1, 0.15) is 25.1 Å². The molecule has 1 aliphatic rings. The first-order chi connectivity index (χ1) is 6.75. The van der Waals surface area contributed by atoms with Crippen molar-refractivity contribution in [3.63, 3.8) is 0 Å². The van der Waals surface area contributed by atoms with Crippen molar-refractivity contribution in [3.8, 4) is 0 Å². The van der Waals surface area contributed by atoms with Crippen LogP contribution in [0.2, 0.25) is 0 Å². The lowest BCUT2D eigenvalue weighted by atomic mass is 10.1. The first-order valence-corrected chi connectivity index (χ1v) is 5.22. The van der Waals surface area contributed by atoms with Gasteiger partial charge in [-0.15, -0.1) is 0 Å². The Balaban J connectivity index is 2.20. The van der Waals surface area contributed by atoms with Crippen LogP contribution < -0.4 is 10.6 Å². The topological polar surface area (TPSA) is 37.0 Å². The highest BCUT2D eigenvalue weighted by Crippen LogP contribution is 2.15. The number of hydrogen-bond donors (Lipinski definition) is 2. The van der Waals surface area contributed by atoms with Crippen molar-refractivity contribution in [2.75, 3.05) is 11.9 Å². The highest BCUT2D eigenvalue weighted by atomic mass is 15.0. The van der Waals surface area contributed by atoms with Gasteiger partial charge in [0, 0.05) is 31.2 Å². The summed E-state index contributed by atoms with van der Waals surface area (Å²) in [5, 5.41) is 6.66. The molecular weight excluding hydrogens is 174 g/mol. The predicted octanol–water partition coefficient (Wildman–Crippen LogP) is 1.55. The average molecular weight is 191 g/mol. The summed E-state index contributed by atoms with van der Waals surface area (Å²) in [6.07, 6.45) is 1.04. The number of fused-ring (bicyclic) bond motifs is 1. The smallest absolute Gasteiger partial charge is 0.126 e. The Kier molecular flexibility index (Phi) is 2.68. The van der Waals surface area contributed by atoms with Crippen molar-refractivity contribution in [3.05, 3.63) is 23.4 Å². The molecule has 0 atom stereocenters. The molecule has 3 heteroatoms. The predicted molar refractivity (Wildman–Crippen MR) is 58.4 cm³/mol. The molecule has 0 unspecified atom stereocenters. The van der Waals surface area contributed by atoms with E-state index in [4.69, 9.17) is 0 Å². The van der Waals surface area contributed by atoms with Gasteiger partial charge in [-0.05, 0) is 25.5 Å². The standard InChI is InChI=1S/C11H17N3/c1-8(2)13-11-4-3-9-7-12-6-5-10(9)14-11/h3-4,8,12H,5-7H2,1-2H3,(H,13,14). The van der Waals surface area contributed by atoms with E-state index < -0.39 is 0 Å². The molecule has 0 radical (unpaired) electrons. The molecule has 0 aliphatic carbocycles. The Bertz CT molecular complexity index is 320. The summed E-state index contributed by atoms with van der Waals surface area (Å²) >= 11 is 0. The minimum absolute atomic E-state index is 0.447. The summed E-state index contributed by atoms with van der Waals surface area (Å²) in [6, 6.07) is 4.67. The molecule has 3 nitrogen and oxygen atoms in total. The maximum absolute atomic E-state index is 4.60. The third-order valence-corrected chi connectivity index (χ3v) is 2.36. The van der Waals surface area contributed by atoms with Gasteiger partial charge in [0.15, 0.2) is 0 Å². The van der Waals surface area contributed by atoms with Crippen molar-refractivity contribution in [2.45, 2.75) is 32.9 Å². The fourth-order valence-electron chi connectivity index (χ4n) is 1.71. The average Bonchev–Trinajstić information content (AvgIpc) is 2.17. The monoisotopic (exact) mass is 191 g/mol. The lowest BCUT2D eigenvalue weighted by molar-refractivity contribution is 0.630. The van der Waals surface area contributed by atoms with Gasteiger partial charge in [-0.25, -0.2) is 4.98 Å². The Labute approximate surface area is 84.9 Å². The van der Waals surface area contributed by atoms with Crippen molar-refractivity contribution >= 4 is 5.82 Å². The van der Waals surface area contributed by atoms with E-state index in [0.717, 1.165) is 25.3 Å². The van der Waals surface area contributed by atoms with Gasteiger partial charge >= 0.3 is 0 Å². The van der Waals surface area contributed by atoms with E-state index in [-0.39, 0.29) is 0 Å². The Hall–Kier alpha value is -1.09. The van der Waals surface area contributed by atoms with E-state index in [0.29, 0.717) is 6.04 Å². The number of rotatable bonds is 2. The lowest BCUT2D eigenvalue weighted by Crippen LogP contribution is -2.25. The third kappa shape index (κ3) is 2.04. The van der Waals surface area contributed by atoms with Crippen LogP contribution in [-0.2, 0) is 13.0 Å². The number of hydrogen-bond acceptors (Lipinski definition) is 3. The van der Waals surface area contributed by atoms with E-state index >= 15 is 0 Å². The van der Waals surface area contributed by atoms with Gasteiger partial charge in [0.1, 0.15) is 5.82 Å². The van der Waals surface area contributed by atoms with E-state index in [1.165, 1.54) is 11.3 Å². The Morgan fingerprint density at radius 2 is 2.29 bits per heavy atom. The molecule has 76 valence electrons. The van der Waals surface area contributed by atoms with Crippen LogP contribution in [0.4, 0.5) is 5.82 Å². The zero-order chi connectivity index (χ0) is 9.97. The molecule has 0 spiro atoms. The van der Waals surface area contributed by atoms with Crippen LogP contribution in [0.3, 0.4) is 0 Å². The quantitative estimate of drug-likeness (QED) is 0.744. The lowest BCUT2D eigenvalue weighted by Gasteiger charge is -2.18. The fourth-order valence-corrected chi connectivity index (χ4v) is 1.71. The van der Waals surface area contributed by atoms with Gasteiger partial charge in [0.2, 0.25) is 0 Å². The molecule has 2 N–H and O–H groups in total. The second-order valence-corrected chi connectivity index (χ2v) is 4.03. The van der Waals surface area contributed by atoms with Crippen LogP contribution >= 0.6 is 0 Å². The molecule has 0 amide bonds. The van der Waals surface area contributed by atoms with E-state index in [9.17, 15) is 0 Å². The second-order valence-electron chi connectivity index (χ2n) is 4.03. The summed E-state index contributed by atoms with van der Waals surface area (Å²) in [7, 11) is 0. The molecule has 1 aliphatic heterocycles. The molecular formula is C11H17N3. The molecule has 2 rings (SSSR count). The van der Waals surface area contributed by atoms with Gasteiger partial charge in [-0.1, -0.05) is 6.07 Å². The van der Waals surface area contributed by atoms with Crippen molar-refractivity contribution in [1.82, 2.24) is 10.3 Å². The van der Waals surface area contributed by atoms with Gasteiger partial charge in [-0.3, -0.25) is 0 Å². The number of nitrogens with zero attached hydrogens (tertiary/aromatic N) is 1. The molecule has 0 aromatic carbocycles. The largest absolute Gasteiger partial charge is 0.368 e. The van der Waals surface area contributed by atoms with Crippen LogP contribution in [0.25, 0.3) is 0 Å². The molecule has 1 aromatic heterocycles. The summed E-state index contributed by atoms with van der Waals surface area (Å²) in [5.74, 6) is 1.00. The number of anilines is 1. The zero-order valence-corrected chi connectivity index (χ0v) is 8.80. The minimum Gasteiger partial charge on any atom is -0.368 e. The van der Waals surface area contributed by atoms with Gasteiger partial charge in [0.25, 0.3) is 0 Å². The van der Waals surface area contributed by atoms with E-state index in [2.05, 4.69) is 41.6 Å². The zero-order valence-electron chi connectivity index (χ0n) is 8.80. The van der Waals surface area contributed by atoms with Crippen molar-refractivity contribution in [1.29, 1.82) is 0 Å².